The molecule has 0 saturated heterocycles. The van der Waals surface area contributed by atoms with Crippen molar-refractivity contribution in [2.75, 3.05) is 19.0 Å². The topological polar surface area (TPSA) is 93.7 Å². The molecule has 0 spiro atoms. The fraction of sp³-hybridized carbons (Fsp3) is 0.174. The van der Waals surface area contributed by atoms with Gasteiger partial charge in [0.15, 0.2) is 0 Å². The molecule has 0 aliphatic heterocycles. The molecule has 0 saturated carbocycles. The molecule has 168 valence electrons. The van der Waals surface area contributed by atoms with Gasteiger partial charge < -0.3 is 14.8 Å². The summed E-state index contributed by atoms with van der Waals surface area (Å²) in [5.41, 5.74) is 1.31. The molecule has 0 aliphatic carbocycles. The summed E-state index contributed by atoms with van der Waals surface area (Å²) >= 11 is 5.87. The highest BCUT2D eigenvalue weighted by atomic mass is 35.5. The summed E-state index contributed by atoms with van der Waals surface area (Å²) in [4.78, 5) is 12.6. The van der Waals surface area contributed by atoms with Gasteiger partial charge >= 0.3 is 0 Å². The van der Waals surface area contributed by atoms with Crippen LogP contribution in [0.5, 0.6) is 11.5 Å². The molecule has 3 aromatic carbocycles. The summed E-state index contributed by atoms with van der Waals surface area (Å²) in [5.74, 6) is 0.524. The van der Waals surface area contributed by atoms with Gasteiger partial charge in [-0.1, -0.05) is 29.8 Å². The van der Waals surface area contributed by atoms with Gasteiger partial charge in [0, 0.05) is 22.7 Å². The van der Waals surface area contributed by atoms with Crippen molar-refractivity contribution in [1.82, 2.24) is 4.72 Å². The molecule has 2 N–H and O–H groups in total. The van der Waals surface area contributed by atoms with E-state index in [0.29, 0.717) is 34.3 Å². The van der Waals surface area contributed by atoms with Crippen LogP contribution in [0.15, 0.2) is 71.6 Å². The van der Waals surface area contributed by atoms with Crippen LogP contribution in [0.4, 0.5) is 5.69 Å². The third-order valence-electron chi connectivity index (χ3n) is 4.56. The first-order valence-electron chi connectivity index (χ1n) is 9.79. The number of amides is 1. The average molecular weight is 475 g/mol. The van der Waals surface area contributed by atoms with Crippen molar-refractivity contribution in [2.24, 2.45) is 0 Å². The molecular formula is C23H23ClN2O5S. The molecule has 0 radical (unpaired) electrons. The van der Waals surface area contributed by atoms with Crippen molar-refractivity contribution in [3.8, 4) is 11.5 Å². The zero-order chi connectivity index (χ0) is 23.1. The summed E-state index contributed by atoms with van der Waals surface area (Å²) in [5, 5.41) is 3.22. The van der Waals surface area contributed by atoms with E-state index in [9.17, 15) is 13.2 Å². The van der Waals surface area contributed by atoms with E-state index in [1.54, 1.807) is 55.5 Å². The second-order valence-electron chi connectivity index (χ2n) is 6.69. The van der Waals surface area contributed by atoms with Crippen LogP contribution in [-0.4, -0.2) is 28.0 Å². The second kappa shape index (κ2) is 10.5. The quantitative estimate of drug-likeness (QED) is 0.477. The molecule has 0 fully saturated rings. The maximum atomic E-state index is 12.9. The van der Waals surface area contributed by atoms with Crippen molar-refractivity contribution in [1.29, 1.82) is 0 Å². The molecule has 9 heteroatoms. The van der Waals surface area contributed by atoms with Crippen LogP contribution in [0.2, 0.25) is 5.02 Å². The number of halogens is 1. The van der Waals surface area contributed by atoms with E-state index in [1.165, 1.54) is 25.3 Å². The van der Waals surface area contributed by atoms with Crippen LogP contribution in [0.25, 0.3) is 0 Å². The summed E-state index contributed by atoms with van der Waals surface area (Å²) in [7, 11) is -2.35. The van der Waals surface area contributed by atoms with E-state index in [-0.39, 0.29) is 17.1 Å². The molecular weight excluding hydrogens is 452 g/mol. The zero-order valence-corrected chi connectivity index (χ0v) is 19.2. The van der Waals surface area contributed by atoms with Crippen molar-refractivity contribution < 1.29 is 22.7 Å². The molecule has 0 atom stereocenters. The van der Waals surface area contributed by atoms with Crippen molar-refractivity contribution in [2.45, 2.75) is 18.4 Å². The Hall–Kier alpha value is -3.07. The standard InChI is InChI=1S/C23H23ClN2O5S/c1-3-31-22-13-12-19(14-20(22)26-23(27)16-8-10-18(24)11-9-16)32(28,29)25-15-17-6-4-5-7-21(17)30-2/h4-14,25H,3,15H2,1-2H3,(H,26,27). The maximum absolute atomic E-state index is 12.9. The Morgan fingerprint density at radius 2 is 1.72 bits per heavy atom. The van der Waals surface area contributed by atoms with Crippen molar-refractivity contribution in [3.63, 3.8) is 0 Å². The molecule has 0 aliphatic rings. The van der Waals surface area contributed by atoms with E-state index >= 15 is 0 Å². The van der Waals surface area contributed by atoms with Gasteiger partial charge in [0.1, 0.15) is 11.5 Å². The van der Waals surface area contributed by atoms with E-state index in [4.69, 9.17) is 21.1 Å². The number of para-hydroxylation sites is 1. The number of benzene rings is 3. The highest BCUT2D eigenvalue weighted by molar-refractivity contribution is 7.89. The third-order valence-corrected chi connectivity index (χ3v) is 6.21. The number of anilines is 1. The first-order chi connectivity index (χ1) is 15.3. The minimum Gasteiger partial charge on any atom is -0.496 e. The average Bonchev–Trinajstić information content (AvgIpc) is 2.79. The summed E-state index contributed by atoms with van der Waals surface area (Å²) in [6.07, 6.45) is 0. The summed E-state index contributed by atoms with van der Waals surface area (Å²) in [6, 6.07) is 17.8. The smallest absolute Gasteiger partial charge is 0.255 e. The van der Waals surface area contributed by atoms with Crippen molar-refractivity contribution in [3.05, 3.63) is 82.9 Å². The number of hydrogen-bond donors (Lipinski definition) is 2. The van der Waals surface area contributed by atoms with Crippen LogP contribution in [0.3, 0.4) is 0 Å². The van der Waals surface area contributed by atoms with E-state index in [1.807, 2.05) is 0 Å². The lowest BCUT2D eigenvalue weighted by Gasteiger charge is -2.14. The Balaban J connectivity index is 1.85. The lowest BCUT2D eigenvalue weighted by Crippen LogP contribution is -2.24. The maximum Gasteiger partial charge on any atom is 0.255 e. The normalized spacial score (nSPS) is 11.1. The summed E-state index contributed by atoms with van der Waals surface area (Å²) in [6.45, 7) is 2.19. The minimum absolute atomic E-state index is 0.0118. The Morgan fingerprint density at radius 1 is 1.00 bits per heavy atom. The number of carbonyl (C=O) groups excluding carboxylic acids is 1. The van der Waals surface area contributed by atoms with Gasteiger partial charge in [-0.25, -0.2) is 13.1 Å². The van der Waals surface area contributed by atoms with Gasteiger partial charge in [-0.2, -0.15) is 0 Å². The fourth-order valence-corrected chi connectivity index (χ4v) is 4.11. The number of methoxy groups -OCH3 is 1. The van der Waals surface area contributed by atoms with E-state index in [0.717, 1.165) is 0 Å². The number of hydrogen-bond acceptors (Lipinski definition) is 5. The first kappa shape index (κ1) is 23.6. The van der Waals surface area contributed by atoms with Gasteiger partial charge in [0.2, 0.25) is 10.0 Å². The van der Waals surface area contributed by atoms with Crippen LogP contribution in [0, 0.1) is 0 Å². The van der Waals surface area contributed by atoms with E-state index in [2.05, 4.69) is 10.0 Å². The molecule has 32 heavy (non-hydrogen) atoms. The van der Waals surface area contributed by atoms with Gasteiger partial charge in [0.25, 0.3) is 5.91 Å². The van der Waals surface area contributed by atoms with Crippen LogP contribution >= 0.6 is 11.6 Å². The molecule has 3 rings (SSSR count). The first-order valence-corrected chi connectivity index (χ1v) is 11.7. The van der Waals surface area contributed by atoms with Crippen LogP contribution < -0.4 is 19.5 Å². The van der Waals surface area contributed by atoms with Crippen molar-refractivity contribution >= 4 is 33.2 Å². The predicted octanol–water partition coefficient (Wildman–Crippen LogP) is 4.48. The molecule has 3 aromatic rings. The molecule has 0 bridgehead atoms. The minimum atomic E-state index is -3.87. The molecule has 0 aromatic heterocycles. The van der Waals surface area contributed by atoms with Gasteiger partial charge in [-0.3, -0.25) is 4.79 Å². The van der Waals surface area contributed by atoms with Crippen LogP contribution in [0.1, 0.15) is 22.8 Å². The Morgan fingerprint density at radius 3 is 2.41 bits per heavy atom. The highest BCUT2D eigenvalue weighted by Crippen LogP contribution is 2.29. The second-order valence-corrected chi connectivity index (χ2v) is 8.89. The number of nitrogens with one attached hydrogen (secondary N) is 2. The number of carbonyl (C=O) groups is 1. The zero-order valence-electron chi connectivity index (χ0n) is 17.6. The number of sulfonamides is 1. The molecule has 1 amide bonds. The number of rotatable bonds is 9. The fourth-order valence-electron chi connectivity index (χ4n) is 2.96. The molecule has 0 unspecified atom stereocenters. The Kier molecular flexibility index (Phi) is 7.74. The lowest BCUT2D eigenvalue weighted by molar-refractivity contribution is 0.102. The molecule has 7 nitrogen and oxygen atoms in total. The Bertz CT molecular complexity index is 1200. The summed E-state index contributed by atoms with van der Waals surface area (Å²) < 4.78 is 39.2. The number of ether oxygens (including phenoxy) is 2. The van der Waals surface area contributed by atoms with Gasteiger partial charge in [-0.05, 0) is 55.5 Å². The van der Waals surface area contributed by atoms with E-state index < -0.39 is 15.9 Å². The predicted molar refractivity (Wildman–Crippen MR) is 124 cm³/mol. The Labute approximate surface area is 192 Å². The van der Waals surface area contributed by atoms with Crippen LogP contribution in [-0.2, 0) is 16.6 Å². The largest absolute Gasteiger partial charge is 0.496 e. The van der Waals surface area contributed by atoms with Gasteiger partial charge in [0.05, 0.1) is 24.3 Å². The third kappa shape index (κ3) is 5.79. The highest BCUT2D eigenvalue weighted by Gasteiger charge is 2.19. The monoisotopic (exact) mass is 474 g/mol. The SMILES string of the molecule is CCOc1ccc(S(=O)(=O)NCc2ccccc2OC)cc1NC(=O)c1ccc(Cl)cc1. The lowest BCUT2D eigenvalue weighted by atomic mass is 10.2. The van der Waals surface area contributed by atoms with Gasteiger partial charge in [-0.15, -0.1) is 0 Å². The molecule has 0 heterocycles.